The van der Waals surface area contributed by atoms with Gasteiger partial charge in [-0.25, -0.2) is 0 Å². The molecule has 14 heavy (non-hydrogen) atoms. The molecule has 0 aromatic heterocycles. The van der Waals surface area contributed by atoms with Gasteiger partial charge in [0.15, 0.2) is 0 Å². The normalized spacial score (nSPS) is 28.4. The Kier molecular flexibility index (Phi) is 3.53. The Morgan fingerprint density at radius 2 is 2.00 bits per heavy atom. The fourth-order valence-corrected chi connectivity index (χ4v) is 2.32. The van der Waals surface area contributed by atoms with Crippen molar-refractivity contribution in [1.29, 1.82) is 0 Å². The molecule has 0 aromatic rings. The van der Waals surface area contributed by atoms with Crippen molar-refractivity contribution in [2.75, 3.05) is 20.6 Å². The molecule has 1 aliphatic rings. The summed E-state index contributed by atoms with van der Waals surface area (Å²) in [6.07, 6.45) is 1.01. The van der Waals surface area contributed by atoms with Crippen molar-refractivity contribution in [2.24, 2.45) is 5.92 Å². The standard InChI is InChI=1S/C11H22N2O/c1-8(2)13-7-10(6-9(13)3)11(14)12(4)5/h8-10H,6-7H2,1-5H3/t9-,10+/m1/s1. The van der Waals surface area contributed by atoms with E-state index in [2.05, 4.69) is 25.7 Å². The van der Waals surface area contributed by atoms with Crippen LogP contribution in [0.1, 0.15) is 27.2 Å². The number of amides is 1. The van der Waals surface area contributed by atoms with Gasteiger partial charge < -0.3 is 4.90 Å². The summed E-state index contributed by atoms with van der Waals surface area (Å²) < 4.78 is 0. The van der Waals surface area contributed by atoms with E-state index in [9.17, 15) is 4.79 Å². The summed E-state index contributed by atoms with van der Waals surface area (Å²) >= 11 is 0. The number of carbonyl (C=O) groups excluding carboxylic acids is 1. The molecular weight excluding hydrogens is 176 g/mol. The molecule has 0 aromatic carbocycles. The van der Waals surface area contributed by atoms with Gasteiger partial charge >= 0.3 is 0 Å². The molecule has 0 radical (unpaired) electrons. The maximum absolute atomic E-state index is 11.8. The molecule has 3 heteroatoms. The van der Waals surface area contributed by atoms with Gasteiger partial charge in [0, 0.05) is 32.7 Å². The highest BCUT2D eigenvalue weighted by atomic mass is 16.2. The molecule has 1 amide bonds. The van der Waals surface area contributed by atoms with E-state index in [4.69, 9.17) is 0 Å². The van der Waals surface area contributed by atoms with Crippen LogP contribution in [-0.4, -0.2) is 48.4 Å². The van der Waals surface area contributed by atoms with Crippen LogP contribution in [0.2, 0.25) is 0 Å². The SMILES string of the molecule is CC(C)N1C[C@@H](C(=O)N(C)C)C[C@H]1C. The first-order valence-electron chi connectivity index (χ1n) is 5.40. The molecule has 1 saturated heterocycles. The third-order valence-electron chi connectivity index (χ3n) is 3.08. The highest BCUT2D eigenvalue weighted by Crippen LogP contribution is 2.25. The Bertz CT molecular complexity index is 213. The Labute approximate surface area is 87.1 Å². The van der Waals surface area contributed by atoms with Gasteiger partial charge in [-0.05, 0) is 27.2 Å². The van der Waals surface area contributed by atoms with E-state index in [0.29, 0.717) is 12.1 Å². The molecule has 0 unspecified atom stereocenters. The first kappa shape index (κ1) is 11.5. The van der Waals surface area contributed by atoms with Gasteiger partial charge in [0.05, 0.1) is 5.92 Å². The average Bonchev–Trinajstić information content (AvgIpc) is 2.45. The predicted octanol–water partition coefficient (Wildman–Crippen LogP) is 1.19. The summed E-state index contributed by atoms with van der Waals surface area (Å²) in [7, 11) is 3.68. The summed E-state index contributed by atoms with van der Waals surface area (Å²) in [5.41, 5.74) is 0. The van der Waals surface area contributed by atoms with Crippen molar-refractivity contribution >= 4 is 5.91 Å². The molecule has 3 nitrogen and oxygen atoms in total. The average molecular weight is 198 g/mol. The maximum Gasteiger partial charge on any atom is 0.226 e. The second-order valence-electron chi connectivity index (χ2n) is 4.80. The van der Waals surface area contributed by atoms with Gasteiger partial charge in [0.1, 0.15) is 0 Å². The van der Waals surface area contributed by atoms with Crippen LogP contribution in [0.4, 0.5) is 0 Å². The number of likely N-dealkylation sites (tertiary alicyclic amines) is 1. The minimum atomic E-state index is 0.211. The summed E-state index contributed by atoms with van der Waals surface area (Å²) in [6, 6.07) is 1.09. The zero-order chi connectivity index (χ0) is 10.9. The predicted molar refractivity (Wildman–Crippen MR) is 58.1 cm³/mol. The van der Waals surface area contributed by atoms with Gasteiger partial charge in [-0.2, -0.15) is 0 Å². The molecule has 0 aliphatic carbocycles. The molecule has 0 spiro atoms. The van der Waals surface area contributed by atoms with Crippen LogP contribution in [0.25, 0.3) is 0 Å². The quantitative estimate of drug-likeness (QED) is 0.665. The van der Waals surface area contributed by atoms with E-state index >= 15 is 0 Å². The molecule has 1 rings (SSSR count). The first-order valence-corrected chi connectivity index (χ1v) is 5.40. The minimum absolute atomic E-state index is 0.211. The number of rotatable bonds is 2. The fourth-order valence-electron chi connectivity index (χ4n) is 2.32. The van der Waals surface area contributed by atoms with Crippen molar-refractivity contribution in [1.82, 2.24) is 9.80 Å². The summed E-state index contributed by atoms with van der Waals surface area (Å²) in [4.78, 5) is 15.9. The van der Waals surface area contributed by atoms with Crippen LogP contribution in [0.3, 0.4) is 0 Å². The molecule has 1 heterocycles. The van der Waals surface area contributed by atoms with Crippen molar-refractivity contribution in [3.8, 4) is 0 Å². The highest BCUT2D eigenvalue weighted by Gasteiger charge is 2.35. The largest absolute Gasteiger partial charge is 0.349 e. The molecule has 0 N–H and O–H groups in total. The van der Waals surface area contributed by atoms with Crippen LogP contribution in [-0.2, 0) is 4.79 Å². The number of nitrogens with zero attached hydrogens (tertiary/aromatic N) is 2. The second-order valence-corrected chi connectivity index (χ2v) is 4.80. The lowest BCUT2D eigenvalue weighted by Gasteiger charge is -2.25. The topological polar surface area (TPSA) is 23.6 Å². The number of carbonyl (C=O) groups is 1. The van der Waals surface area contributed by atoms with E-state index < -0.39 is 0 Å². The van der Waals surface area contributed by atoms with Gasteiger partial charge in [0.2, 0.25) is 5.91 Å². The Morgan fingerprint density at radius 1 is 1.43 bits per heavy atom. The van der Waals surface area contributed by atoms with Gasteiger partial charge in [0.25, 0.3) is 0 Å². The fraction of sp³-hybridized carbons (Fsp3) is 0.909. The lowest BCUT2D eigenvalue weighted by atomic mass is 10.1. The van der Waals surface area contributed by atoms with Crippen molar-refractivity contribution in [2.45, 2.75) is 39.3 Å². The van der Waals surface area contributed by atoms with Gasteiger partial charge in [-0.1, -0.05) is 0 Å². The van der Waals surface area contributed by atoms with Crippen molar-refractivity contribution in [3.05, 3.63) is 0 Å². The lowest BCUT2D eigenvalue weighted by molar-refractivity contribution is -0.132. The molecular formula is C11H22N2O. The molecule has 1 fully saturated rings. The molecule has 82 valence electrons. The number of hydrogen-bond acceptors (Lipinski definition) is 2. The minimum Gasteiger partial charge on any atom is -0.349 e. The Morgan fingerprint density at radius 3 is 2.36 bits per heavy atom. The Balaban J connectivity index is 2.59. The summed E-state index contributed by atoms with van der Waals surface area (Å²) in [5, 5.41) is 0. The van der Waals surface area contributed by atoms with E-state index in [1.54, 1.807) is 4.90 Å². The van der Waals surface area contributed by atoms with Gasteiger partial charge in [-0.3, -0.25) is 9.69 Å². The van der Waals surface area contributed by atoms with Crippen LogP contribution in [0.5, 0.6) is 0 Å². The smallest absolute Gasteiger partial charge is 0.226 e. The zero-order valence-electron chi connectivity index (χ0n) is 9.95. The molecule has 1 aliphatic heterocycles. The molecule has 2 atom stereocenters. The van der Waals surface area contributed by atoms with Crippen molar-refractivity contribution < 1.29 is 4.79 Å². The van der Waals surface area contributed by atoms with Crippen LogP contribution in [0.15, 0.2) is 0 Å². The van der Waals surface area contributed by atoms with Crippen LogP contribution < -0.4 is 0 Å². The van der Waals surface area contributed by atoms with E-state index in [1.807, 2.05) is 14.1 Å². The van der Waals surface area contributed by atoms with E-state index in [-0.39, 0.29) is 11.8 Å². The molecule has 0 bridgehead atoms. The number of hydrogen-bond donors (Lipinski definition) is 0. The molecule has 0 saturated carbocycles. The highest BCUT2D eigenvalue weighted by molar-refractivity contribution is 5.78. The first-order chi connectivity index (χ1) is 6.43. The summed E-state index contributed by atoms with van der Waals surface area (Å²) in [5.74, 6) is 0.488. The zero-order valence-corrected chi connectivity index (χ0v) is 9.95. The summed E-state index contributed by atoms with van der Waals surface area (Å²) in [6.45, 7) is 7.52. The third-order valence-corrected chi connectivity index (χ3v) is 3.08. The lowest BCUT2D eigenvalue weighted by Crippen LogP contribution is -2.35. The Hall–Kier alpha value is -0.570. The monoisotopic (exact) mass is 198 g/mol. The van der Waals surface area contributed by atoms with Crippen molar-refractivity contribution in [3.63, 3.8) is 0 Å². The third kappa shape index (κ3) is 2.27. The maximum atomic E-state index is 11.8. The van der Waals surface area contributed by atoms with Crippen LogP contribution in [0, 0.1) is 5.92 Å². The van der Waals surface area contributed by atoms with Crippen LogP contribution >= 0.6 is 0 Å². The van der Waals surface area contributed by atoms with E-state index in [0.717, 1.165) is 13.0 Å². The van der Waals surface area contributed by atoms with E-state index in [1.165, 1.54) is 0 Å². The van der Waals surface area contributed by atoms with Gasteiger partial charge in [-0.15, -0.1) is 0 Å². The second kappa shape index (κ2) is 4.30.